The number of nitrogens with one attached hydrogen (secondary N) is 1. The standard InChI is InChI=1S/C22H30N8O/c1-15(29-7-5-28(2)6-8-29)22(31)27-18-9-17(24)12-30(13-18)20-4-3-16(10-23)21-19(20)11-25-14-26-21/h3-4,11,14-15,17-18H,5-9,12-13,24H2,1-2H3,(H,27,31)/t15-,17+,18-/m1/s1. The van der Waals surface area contributed by atoms with Gasteiger partial charge >= 0.3 is 0 Å². The molecule has 2 aliphatic heterocycles. The molecular formula is C22H30N8O. The first-order chi connectivity index (χ1) is 15.0. The highest BCUT2D eigenvalue weighted by Gasteiger charge is 2.31. The smallest absolute Gasteiger partial charge is 0.237 e. The number of hydrogen-bond donors (Lipinski definition) is 2. The van der Waals surface area contributed by atoms with E-state index in [2.05, 4.69) is 43.1 Å². The van der Waals surface area contributed by atoms with Crippen LogP contribution in [0.3, 0.4) is 0 Å². The van der Waals surface area contributed by atoms with Crippen molar-refractivity contribution in [2.24, 2.45) is 5.73 Å². The van der Waals surface area contributed by atoms with Crippen molar-refractivity contribution in [3.8, 4) is 6.07 Å². The van der Waals surface area contributed by atoms with Gasteiger partial charge in [-0.05, 0) is 32.5 Å². The highest BCUT2D eigenvalue weighted by Crippen LogP contribution is 2.29. The van der Waals surface area contributed by atoms with Gasteiger partial charge in [-0.3, -0.25) is 9.69 Å². The average Bonchev–Trinajstić information content (AvgIpc) is 2.78. The Kier molecular flexibility index (Phi) is 6.32. The zero-order valence-electron chi connectivity index (χ0n) is 18.2. The molecule has 9 nitrogen and oxygen atoms in total. The van der Waals surface area contributed by atoms with E-state index in [0.717, 1.165) is 43.7 Å². The summed E-state index contributed by atoms with van der Waals surface area (Å²) in [7, 11) is 2.11. The molecular weight excluding hydrogens is 392 g/mol. The highest BCUT2D eigenvalue weighted by molar-refractivity contribution is 5.94. The monoisotopic (exact) mass is 422 g/mol. The Morgan fingerprint density at radius 2 is 2.06 bits per heavy atom. The molecule has 31 heavy (non-hydrogen) atoms. The first-order valence-corrected chi connectivity index (χ1v) is 10.8. The minimum Gasteiger partial charge on any atom is -0.367 e. The van der Waals surface area contributed by atoms with E-state index in [9.17, 15) is 10.1 Å². The van der Waals surface area contributed by atoms with Crippen molar-refractivity contribution in [1.82, 2.24) is 25.1 Å². The van der Waals surface area contributed by atoms with Crippen LogP contribution in [0.25, 0.3) is 10.9 Å². The van der Waals surface area contributed by atoms with Gasteiger partial charge < -0.3 is 20.9 Å². The van der Waals surface area contributed by atoms with Crippen molar-refractivity contribution in [2.45, 2.75) is 31.5 Å². The fourth-order valence-corrected chi connectivity index (χ4v) is 4.56. The Hall–Kier alpha value is -2.80. The molecule has 3 N–H and O–H groups in total. The average molecular weight is 423 g/mol. The third kappa shape index (κ3) is 4.61. The molecule has 164 valence electrons. The number of nitriles is 1. The van der Waals surface area contributed by atoms with Crippen molar-refractivity contribution in [3.63, 3.8) is 0 Å². The fourth-order valence-electron chi connectivity index (χ4n) is 4.56. The van der Waals surface area contributed by atoms with E-state index in [1.165, 1.54) is 6.33 Å². The number of fused-ring (bicyclic) bond motifs is 1. The molecule has 0 bridgehead atoms. The molecule has 1 amide bonds. The molecule has 9 heteroatoms. The maximum Gasteiger partial charge on any atom is 0.237 e. The molecule has 3 atom stereocenters. The van der Waals surface area contributed by atoms with E-state index in [-0.39, 0.29) is 24.0 Å². The quantitative estimate of drug-likeness (QED) is 0.716. The number of rotatable bonds is 4. The van der Waals surface area contributed by atoms with E-state index >= 15 is 0 Å². The third-order valence-electron chi connectivity index (χ3n) is 6.41. The molecule has 2 saturated heterocycles. The van der Waals surface area contributed by atoms with Crippen LogP contribution in [-0.4, -0.2) is 90.1 Å². The van der Waals surface area contributed by atoms with Crippen LogP contribution in [0.4, 0.5) is 5.69 Å². The summed E-state index contributed by atoms with van der Waals surface area (Å²) < 4.78 is 0. The van der Waals surface area contributed by atoms with Crippen molar-refractivity contribution < 1.29 is 4.79 Å². The van der Waals surface area contributed by atoms with Crippen LogP contribution in [0, 0.1) is 11.3 Å². The van der Waals surface area contributed by atoms with Crippen LogP contribution in [-0.2, 0) is 4.79 Å². The highest BCUT2D eigenvalue weighted by atomic mass is 16.2. The van der Waals surface area contributed by atoms with Crippen LogP contribution >= 0.6 is 0 Å². The van der Waals surface area contributed by atoms with Crippen molar-refractivity contribution >= 4 is 22.5 Å². The van der Waals surface area contributed by atoms with Gasteiger partial charge in [0.2, 0.25) is 5.91 Å². The summed E-state index contributed by atoms with van der Waals surface area (Å²) in [4.78, 5) is 28.1. The molecule has 0 saturated carbocycles. The Balaban J connectivity index is 1.48. The number of hydrogen-bond acceptors (Lipinski definition) is 8. The summed E-state index contributed by atoms with van der Waals surface area (Å²) in [6, 6.07) is 5.64. The van der Waals surface area contributed by atoms with Crippen LogP contribution < -0.4 is 16.0 Å². The van der Waals surface area contributed by atoms with E-state index in [1.54, 1.807) is 12.3 Å². The SMILES string of the molecule is C[C@H](C(=O)N[C@@H]1C[C@H](N)CN(c2ccc(C#N)c3ncncc23)C1)N1CCN(C)CC1. The number of carbonyl (C=O) groups is 1. The minimum atomic E-state index is -0.163. The second-order valence-electron chi connectivity index (χ2n) is 8.65. The number of anilines is 1. The zero-order valence-corrected chi connectivity index (χ0v) is 18.2. The van der Waals surface area contributed by atoms with Gasteiger partial charge in [-0.25, -0.2) is 9.97 Å². The summed E-state index contributed by atoms with van der Waals surface area (Å²) in [6.07, 6.45) is 3.93. The van der Waals surface area contributed by atoms with Gasteiger partial charge in [0.25, 0.3) is 0 Å². The number of nitrogens with zero attached hydrogens (tertiary/aromatic N) is 6. The first-order valence-electron chi connectivity index (χ1n) is 10.8. The van der Waals surface area contributed by atoms with Crippen molar-refractivity contribution in [1.29, 1.82) is 5.26 Å². The molecule has 0 aliphatic carbocycles. The topological polar surface area (TPSA) is 114 Å². The summed E-state index contributed by atoms with van der Waals surface area (Å²) in [5.41, 5.74) is 8.47. The lowest BCUT2D eigenvalue weighted by molar-refractivity contribution is -0.127. The number of aromatic nitrogens is 2. The first kappa shape index (κ1) is 21.4. The largest absolute Gasteiger partial charge is 0.367 e. The summed E-state index contributed by atoms with van der Waals surface area (Å²) in [6.45, 7) is 7.08. The third-order valence-corrected chi connectivity index (χ3v) is 6.41. The fraction of sp³-hybridized carbons (Fsp3) is 0.545. The predicted molar refractivity (Wildman–Crippen MR) is 120 cm³/mol. The Morgan fingerprint density at radius 1 is 1.29 bits per heavy atom. The number of likely N-dealkylation sites (N-methyl/N-ethyl adjacent to an activating group) is 1. The number of amides is 1. The second-order valence-corrected chi connectivity index (χ2v) is 8.65. The number of carbonyl (C=O) groups excluding carboxylic acids is 1. The van der Waals surface area contributed by atoms with Crippen LogP contribution in [0.2, 0.25) is 0 Å². The van der Waals surface area contributed by atoms with Gasteiger partial charge in [0.15, 0.2) is 0 Å². The van der Waals surface area contributed by atoms with Gasteiger partial charge in [-0.1, -0.05) is 0 Å². The molecule has 0 spiro atoms. The Morgan fingerprint density at radius 3 is 2.81 bits per heavy atom. The molecule has 0 unspecified atom stereocenters. The Bertz CT molecular complexity index is 981. The maximum absolute atomic E-state index is 13.0. The number of nitrogens with two attached hydrogens (primary N) is 1. The number of benzene rings is 1. The molecule has 4 rings (SSSR count). The van der Waals surface area contributed by atoms with E-state index in [0.29, 0.717) is 24.2 Å². The van der Waals surface area contributed by atoms with E-state index in [1.807, 2.05) is 13.0 Å². The van der Waals surface area contributed by atoms with Crippen LogP contribution in [0.1, 0.15) is 18.9 Å². The van der Waals surface area contributed by atoms with Gasteiger partial charge in [0, 0.05) is 68.6 Å². The molecule has 2 fully saturated rings. The van der Waals surface area contributed by atoms with E-state index < -0.39 is 0 Å². The molecule has 2 aliphatic rings. The van der Waals surface area contributed by atoms with Crippen molar-refractivity contribution in [2.75, 3.05) is 51.2 Å². The van der Waals surface area contributed by atoms with Gasteiger partial charge in [0.1, 0.15) is 12.4 Å². The van der Waals surface area contributed by atoms with Crippen LogP contribution in [0.5, 0.6) is 0 Å². The lowest BCUT2D eigenvalue weighted by Gasteiger charge is -2.40. The normalized spacial score (nSPS) is 24.0. The van der Waals surface area contributed by atoms with E-state index in [4.69, 9.17) is 5.73 Å². The van der Waals surface area contributed by atoms with Gasteiger partial charge in [-0.2, -0.15) is 5.26 Å². The van der Waals surface area contributed by atoms with Crippen molar-refractivity contribution in [3.05, 3.63) is 30.2 Å². The summed E-state index contributed by atoms with van der Waals surface area (Å²) in [5, 5.41) is 13.4. The Labute approximate surface area is 182 Å². The lowest BCUT2D eigenvalue weighted by Crippen LogP contribution is -2.59. The zero-order chi connectivity index (χ0) is 22.0. The minimum absolute atomic E-state index is 0.0403. The second kappa shape index (κ2) is 9.14. The predicted octanol–water partition coefficient (Wildman–Crippen LogP) is 0.160. The maximum atomic E-state index is 13.0. The number of piperidine rings is 1. The molecule has 1 aromatic carbocycles. The van der Waals surface area contributed by atoms with Gasteiger partial charge in [-0.15, -0.1) is 0 Å². The molecule has 1 aromatic heterocycles. The van der Waals surface area contributed by atoms with Crippen LogP contribution in [0.15, 0.2) is 24.7 Å². The lowest BCUT2D eigenvalue weighted by atomic mass is 9.99. The summed E-state index contributed by atoms with van der Waals surface area (Å²) >= 11 is 0. The summed E-state index contributed by atoms with van der Waals surface area (Å²) in [5.74, 6) is 0.0524. The molecule has 2 aromatic rings. The number of piperazine rings is 1. The van der Waals surface area contributed by atoms with Gasteiger partial charge in [0.05, 0.1) is 17.1 Å². The molecule has 0 radical (unpaired) electrons. The molecule has 3 heterocycles.